The Hall–Kier alpha value is -1.20. The van der Waals surface area contributed by atoms with E-state index in [4.69, 9.17) is 4.42 Å². The molecule has 0 radical (unpaired) electrons. The summed E-state index contributed by atoms with van der Waals surface area (Å²) in [5, 5.41) is 0. The van der Waals surface area contributed by atoms with Gasteiger partial charge in [0.15, 0.2) is 11.5 Å². The number of nitrogens with zero attached hydrogens (tertiary/aromatic N) is 1. The average Bonchev–Trinajstić information content (AvgIpc) is 2.83. The number of benzene rings is 2. The van der Waals surface area contributed by atoms with Crippen LogP contribution < -0.4 is 0 Å². The zero-order valence-corrected chi connectivity index (χ0v) is 13.5. The zero-order chi connectivity index (χ0) is 14.1. The lowest BCUT2D eigenvalue weighted by Gasteiger charge is -2.08. The van der Waals surface area contributed by atoms with Crippen LogP contribution in [-0.2, 0) is 6.42 Å². The highest BCUT2D eigenvalue weighted by molar-refractivity contribution is 9.10. The molecule has 0 saturated heterocycles. The number of fused-ring (bicyclic) bond motifs is 1. The van der Waals surface area contributed by atoms with E-state index in [1.165, 1.54) is 6.07 Å². The number of hydrogen-bond acceptors (Lipinski definition) is 2. The summed E-state index contributed by atoms with van der Waals surface area (Å²) in [4.78, 5) is 4.38. The van der Waals surface area contributed by atoms with Crippen LogP contribution in [0.15, 0.2) is 51.4 Å². The van der Waals surface area contributed by atoms with Gasteiger partial charge in [-0.15, -0.1) is 0 Å². The minimum Gasteiger partial charge on any atom is -0.441 e. The highest BCUT2D eigenvalue weighted by Crippen LogP contribution is 2.30. The van der Waals surface area contributed by atoms with Crippen molar-refractivity contribution in [3.63, 3.8) is 0 Å². The summed E-state index contributed by atoms with van der Waals surface area (Å²) in [6.07, 6.45) is 0.565. The van der Waals surface area contributed by atoms with Crippen molar-refractivity contribution in [2.75, 3.05) is 0 Å². The summed E-state index contributed by atoms with van der Waals surface area (Å²) in [6, 6.07) is 12.7. The molecule has 0 bridgehead atoms. The summed E-state index contributed by atoms with van der Waals surface area (Å²) in [7, 11) is 0. The Kier molecular flexibility index (Phi) is 3.89. The van der Waals surface area contributed by atoms with Crippen LogP contribution in [-0.4, -0.2) is 4.98 Å². The fourth-order valence-electron chi connectivity index (χ4n) is 1.99. The third-order valence-electron chi connectivity index (χ3n) is 3.00. The SMILES string of the molecule is Fc1cc(C(Br)Cc2nc3ccccc3o2)ccc1Br. The smallest absolute Gasteiger partial charge is 0.196 e. The van der Waals surface area contributed by atoms with E-state index >= 15 is 0 Å². The van der Waals surface area contributed by atoms with Gasteiger partial charge in [0.2, 0.25) is 0 Å². The lowest BCUT2D eigenvalue weighted by molar-refractivity contribution is 0.526. The molecule has 2 nitrogen and oxygen atoms in total. The lowest BCUT2D eigenvalue weighted by atomic mass is 10.1. The molecule has 2 aromatic carbocycles. The van der Waals surface area contributed by atoms with Crippen LogP contribution in [0.1, 0.15) is 16.3 Å². The molecule has 0 amide bonds. The minimum atomic E-state index is -0.274. The second kappa shape index (κ2) is 5.66. The molecule has 102 valence electrons. The molecule has 1 aromatic heterocycles. The number of oxazole rings is 1. The molecule has 1 atom stereocenters. The summed E-state index contributed by atoms with van der Waals surface area (Å²) in [5.41, 5.74) is 2.46. The monoisotopic (exact) mass is 397 g/mol. The van der Waals surface area contributed by atoms with E-state index in [9.17, 15) is 4.39 Å². The third kappa shape index (κ3) is 2.79. The van der Waals surface area contributed by atoms with Gasteiger partial charge in [0.05, 0.1) is 4.47 Å². The van der Waals surface area contributed by atoms with E-state index in [0.717, 1.165) is 16.7 Å². The minimum absolute atomic E-state index is 0.0434. The molecule has 0 saturated carbocycles. The molecule has 0 aliphatic carbocycles. The number of hydrogen-bond donors (Lipinski definition) is 0. The van der Waals surface area contributed by atoms with Crippen LogP contribution >= 0.6 is 31.9 Å². The van der Waals surface area contributed by atoms with Crippen LogP contribution in [0.3, 0.4) is 0 Å². The van der Waals surface area contributed by atoms with Crippen LogP contribution in [0.4, 0.5) is 4.39 Å². The summed E-state index contributed by atoms with van der Waals surface area (Å²) in [6.45, 7) is 0. The predicted molar refractivity (Wildman–Crippen MR) is 83.5 cm³/mol. The van der Waals surface area contributed by atoms with Gasteiger partial charge in [-0.3, -0.25) is 0 Å². The second-order valence-corrected chi connectivity index (χ2v) is 6.38. The first-order valence-corrected chi connectivity index (χ1v) is 7.78. The van der Waals surface area contributed by atoms with E-state index < -0.39 is 0 Å². The van der Waals surface area contributed by atoms with Gasteiger partial charge >= 0.3 is 0 Å². The molecule has 0 aliphatic heterocycles. The Labute approximate surface area is 132 Å². The van der Waals surface area contributed by atoms with E-state index in [1.54, 1.807) is 6.07 Å². The van der Waals surface area contributed by atoms with E-state index in [0.29, 0.717) is 16.8 Å². The van der Waals surface area contributed by atoms with Gasteiger partial charge in [-0.25, -0.2) is 9.37 Å². The van der Waals surface area contributed by atoms with Gasteiger partial charge in [0.25, 0.3) is 0 Å². The molecule has 20 heavy (non-hydrogen) atoms. The molecule has 1 heterocycles. The van der Waals surface area contributed by atoms with Crippen molar-refractivity contribution in [2.24, 2.45) is 0 Å². The van der Waals surface area contributed by atoms with Crippen LogP contribution in [0, 0.1) is 5.82 Å². The molecular weight excluding hydrogens is 389 g/mol. The van der Waals surface area contributed by atoms with Gasteiger partial charge in [0, 0.05) is 11.2 Å². The average molecular weight is 399 g/mol. The summed E-state index contributed by atoms with van der Waals surface area (Å²) < 4.78 is 19.7. The highest BCUT2D eigenvalue weighted by atomic mass is 79.9. The first-order chi connectivity index (χ1) is 9.63. The van der Waals surface area contributed by atoms with Crippen molar-refractivity contribution in [3.8, 4) is 0 Å². The van der Waals surface area contributed by atoms with Crippen molar-refractivity contribution in [1.29, 1.82) is 0 Å². The Balaban J connectivity index is 1.84. The first kappa shape index (κ1) is 13.8. The predicted octanol–water partition coefficient (Wildman–Crippen LogP) is 5.41. The summed E-state index contributed by atoms with van der Waals surface area (Å²) in [5.74, 6) is 0.362. The van der Waals surface area contributed by atoms with Crippen molar-refractivity contribution < 1.29 is 8.81 Å². The van der Waals surface area contributed by atoms with Gasteiger partial charge in [-0.05, 0) is 45.8 Å². The van der Waals surface area contributed by atoms with Gasteiger partial charge in [-0.2, -0.15) is 0 Å². The molecule has 0 fully saturated rings. The van der Waals surface area contributed by atoms with Crippen LogP contribution in [0.25, 0.3) is 11.1 Å². The van der Waals surface area contributed by atoms with Crippen molar-refractivity contribution in [3.05, 3.63) is 64.2 Å². The van der Waals surface area contributed by atoms with E-state index in [-0.39, 0.29) is 10.6 Å². The molecule has 3 rings (SSSR count). The maximum atomic E-state index is 13.5. The molecule has 5 heteroatoms. The van der Waals surface area contributed by atoms with Gasteiger partial charge < -0.3 is 4.42 Å². The fourth-order valence-corrected chi connectivity index (χ4v) is 2.79. The highest BCUT2D eigenvalue weighted by Gasteiger charge is 2.14. The number of para-hydroxylation sites is 2. The van der Waals surface area contributed by atoms with Crippen molar-refractivity contribution >= 4 is 43.0 Å². The number of aromatic nitrogens is 1. The molecular formula is C15H10Br2FNO. The van der Waals surface area contributed by atoms with Crippen molar-refractivity contribution in [2.45, 2.75) is 11.2 Å². The Morgan fingerprint density at radius 2 is 2.00 bits per heavy atom. The molecule has 3 aromatic rings. The largest absolute Gasteiger partial charge is 0.441 e. The lowest BCUT2D eigenvalue weighted by Crippen LogP contribution is -1.96. The molecule has 0 N–H and O–H groups in total. The van der Waals surface area contributed by atoms with Gasteiger partial charge in [0.1, 0.15) is 11.3 Å². The fraction of sp³-hybridized carbons (Fsp3) is 0.133. The van der Waals surface area contributed by atoms with Crippen LogP contribution in [0.2, 0.25) is 0 Å². The molecule has 0 aliphatic rings. The molecule has 0 spiro atoms. The Morgan fingerprint density at radius 1 is 1.20 bits per heavy atom. The zero-order valence-electron chi connectivity index (χ0n) is 10.3. The standard InChI is InChI=1S/C15H10Br2FNO/c16-10-6-5-9(7-12(10)18)11(17)8-15-19-13-3-1-2-4-14(13)20-15/h1-7,11H,8H2. The maximum Gasteiger partial charge on any atom is 0.196 e. The Bertz CT molecular complexity index is 723. The number of rotatable bonds is 3. The van der Waals surface area contributed by atoms with Crippen LogP contribution in [0.5, 0.6) is 0 Å². The van der Waals surface area contributed by atoms with Gasteiger partial charge in [-0.1, -0.05) is 34.1 Å². The number of halogens is 3. The van der Waals surface area contributed by atoms with E-state index in [2.05, 4.69) is 36.8 Å². The van der Waals surface area contributed by atoms with E-state index in [1.807, 2.05) is 30.3 Å². The molecule has 1 unspecified atom stereocenters. The second-order valence-electron chi connectivity index (χ2n) is 4.42. The normalized spacial score (nSPS) is 12.8. The first-order valence-electron chi connectivity index (χ1n) is 6.07. The maximum absolute atomic E-state index is 13.5. The topological polar surface area (TPSA) is 26.0 Å². The number of alkyl halides is 1. The summed E-state index contributed by atoms with van der Waals surface area (Å²) >= 11 is 6.70. The Morgan fingerprint density at radius 3 is 2.75 bits per heavy atom. The van der Waals surface area contributed by atoms with Crippen molar-refractivity contribution in [1.82, 2.24) is 4.98 Å². The quantitative estimate of drug-likeness (QED) is 0.551. The third-order valence-corrected chi connectivity index (χ3v) is 4.49.